The molecule has 0 fully saturated rings. The molecule has 1 N–H and O–H groups in total. The standard InChI is InChI=1S/C5H6ClNO2S2/c6-5-3-1-10-2-4(3)11(8,9)7-5/h5,7H,1-2H2. The number of nitrogens with one attached hydrogen (secondary N) is 1. The maximum Gasteiger partial charge on any atom is 0.239 e. The van der Waals surface area contributed by atoms with Crippen LogP contribution in [0, 0.1) is 0 Å². The Hall–Kier alpha value is 0.290. The van der Waals surface area contributed by atoms with Gasteiger partial charge in [-0.3, -0.25) is 0 Å². The number of hydrogen-bond donors (Lipinski definition) is 1. The summed E-state index contributed by atoms with van der Waals surface area (Å²) >= 11 is 7.33. The molecule has 0 aliphatic carbocycles. The molecule has 11 heavy (non-hydrogen) atoms. The first-order valence-corrected chi connectivity index (χ1v) is 6.15. The van der Waals surface area contributed by atoms with Gasteiger partial charge in [-0.15, -0.1) is 0 Å². The number of alkyl halides is 1. The zero-order valence-electron chi connectivity index (χ0n) is 5.50. The highest BCUT2D eigenvalue weighted by molar-refractivity contribution is 8.02. The van der Waals surface area contributed by atoms with Gasteiger partial charge in [-0.2, -0.15) is 16.5 Å². The number of hydrogen-bond acceptors (Lipinski definition) is 3. The molecule has 1 unspecified atom stereocenters. The number of halogens is 1. The maximum atomic E-state index is 11.2. The lowest BCUT2D eigenvalue weighted by atomic mass is 10.3. The first-order valence-electron chi connectivity index (χ1n) is 3.07. The van der Waals surface area contributed by atoms with Gasteiger partial charge in [-0.25, -0.2) is 8.42 Å². The molecule has 0 aromatic carbocycles. The lowest BCUT2D eigenvalue weighted by molar-refractivity contribution is 0.593. The van der Waals surface area contributed by atoms with Crippen molar-refractivity contribution in [3.05, 3.63) is 10.5 Å². The molecule has 3 nitrogen and oxygen atoms in total. The molecule has 62 valence electrons. The zero-order valence-corrected chi connectivity index (χ0v) is 7.89. The molecule has 0 amide bonds. The highest BCUT2D eigenvalue weighted by Crippen LogP contribution is 2.36. The summed E-state index contributed by atoms with van der Waals surface area (Å²) in [5.74, 6) is 1.32. The van der Waals surface area contributed by atoms with E-state index in [-0.39, 0.29) is 0 Å². The van der Waals surface area contributed by atoms with Gasteiger partial charge in [0.15, 0.2) is 0 Å². The third-order valence-electron chi connectivity index (χ3n) is 1.74. The summed E-state index contributed by atoms with van der Waals surface area (Å²) in [5, 5.41) is 0. The highest BCUT2D eigenvalue weighted by atomic mass is 35.5. The van der Waals surface area contributed by atoms with Crippen molar-refractivity contribution in [1.29, 1.82) is 0 Å². The molecular weight excluding hydrogens is 206 g/mol. The van der Waals surface area contributed by atoms with Gasteiger partial charge in [0.05, 0.1) is 4.91 Å². The van der Waals surface area contributed by atoms with Crippen molar-refractivity contribution in [3.8, 4) is 0 Å². The predicted molar refractivity (Wildman–Crippen MR) is 46.0 cm³/mol. The molecule has 0 radical (unpaired) electrons. The van der Waals surface area contributed by atoms with Crippen LogP contribution in [0.15, 0.2) is 10.5 Å². The molecule has 2 aliphatic heterocycles. The van der Waals surface area contributed by atoms with Crippen molar-refractivity contribution in [1.82, 2.24) is 4.72 Å². The minimum Gasteiger partial charge on any atom is -0.207 e. The SMILES string of the molecule is O=S1(=O)NC(Cl)C2=C1CSC2. The second-order valence-electron chi connectivity index (χ2n) is 2.43. The van der Waals surface area contributed by atoms with Gasteiger partial charge in [0, 0.05) is 11.5 Å². The highest BCUT2D eigenvalue weighted by Gasteiger charge is 2.38. The Labute approximate surface area is 74.2 Å². The van der Waals surface area contributed by atoms with Crippen molar-refractivity contribution in [2.24, 2.45) is 0 Å². The van der Waals surface area contributed by atoms with E-state index < -0.39 is 15.5 Å². The van der Waals surface area contributed by atoms with Gasteiger partial charge < -0.3 is 0 Å². The van der Waals surface area contributed by atoms with E-state index in [4.69, 9.17) is 11.6 Å². The van der Waals surface area contributed by atoms with Crippen LogP contribution in [0.2, 0.25) is 0 Å². The Balaban J connectivity index is 2.52. The van der Waals surface area contributed by atoms with Gasteiger partial charge >= 0.3 is 0 Å². The molecule has 0 aromatic rings. The minimum absolute atomic E-state index is 0.495. The van der Waals surface area contributed by atoms with Gasteiger partial charge in [0.1, 0.15) is 5.50 Å². The van der Waals surface area contributed by atoms with E-state index in [0.717, 1.165) is 11.3 Å². The van der Waals surface area contributed by atoms with Crippen LogP contribution in [-0.2, 0) is 10.0 Å². The van der Waals surface area contributed by atoms with Crippen molar-refractivity contribution in [2.75, 3.05) is 11.5 Å². The molecule has 0 spiro atoms. The maximum absolute atomic E-state index is 11.2. The monoisotopic (exact) mass is 211 g/mol. The molecule has 0 bridgehead atoms. The Morgan fingerprint density at radius 2 is 2.27 bits per heavy atom. The summed E-state index contributed by atoms with van der Waals surface area (Å²) in [6, 6.07) is 0. The molecule has 2 rings (SSSR count). The quantitative estimate of drug-likeness (QED) is 0.469. The first kappa shape index (κ1) is 7.91. The zero-order chi connectivity index (χ0) is 8.06. The van der Waals surface area contributed by atoms with Gasteiger partial charge in [0.25, 0.3) is 0 Å². The van der Waals surface area contributed by atoms with Crippen molar-refractivity contribution < 1.29 is 8.42 Å². The van der Waals surface area contributed by atoms with E-state index in [0.29, 0.717) is 10.7 Å². The predicted octanol–water partition coefficient (Wildman–Crippen LogP) is 0.485. The fraction of sp³-hybridized carbons (Fsp3) is 0.600. The van der Waals surface area contributed by atoms with Crippen molar-refractivity contribution in [2.45, 2.75) is 5.50 Å². The summed E-state index contributed by atoms with van der Waals surface area (Å²) in [6.45, 7) is 0. The first-order chi connectivity index (χ1) is 5.11. The summed E-state index contributed by atoms with van der Waals surface area (Å²) in [5.41, 5.74) is 0.349. The molecule has 2 aliphatic rings. The van der Waals surface area contributed by atoms with E-state index >= 15 is 0 Å². The number of rotatable bonds is 0. The number of thioether (sulfide) groups is 1. The van der Waals surface area contributed by atoms with E-state index in [9.17, 15) is 8.42 Å². The van der Waals surface area contributed by atoms with Gasteiger partial charge in [-0.1, -0.05) is 11.6 Å². The average Bonchev–Trinajstić information content (AvgIpc) is 2.37. The van der Waals surface area contributed by atoms with Crippen LogP contribution in [0.5, 0.6) is 0 Å². The Bertz CT molecular complexity index is 321. The molecule has 6 heteroatoms. The average molecular weight is 212 g/mol. The molecular formula is C5H6ClNO2S2. The molecule has 1 atom stereocenters. The van der Waals surface area contributed by atoms with E-state index in [1.54, 1.807) is 11.8 Å². The molecule has 0 aromatic heterocycles. The lowest BCUT2D eigenvalue weighted by Crippen LogP contribution is -2.25. The molecule has 2 heterocycles. The summed E-state index contributed by atoms with van der Waals surface area (Å²) < 4.78 is 24.7. The van der Waals surface area contributed by atoms with Crippen LogP contribution in [0.25, 0.3) is 0 Å². The Morgan fingerprint density at radius 1 is 1.55 bits per heavy atom. The largest absolute Gasteiger partial charge is 0.239 e. The van der Waals surface area contributed by atoms with Crippen LogP contribution in [0.3, 0.4) is 0 Å². The van der Waals surface area contributed by atoms with Crippen LogP contribution >= 0.6 is 23.4 Å². The Morgan fingerprint density at radius 3 is 2.91 bits per heavy atom. The second kappa shape index (κ2) is 2.39. The van der Waals surface area contributed by atoms with Crippen LogP contribution in [-0.4, -0.2) is 25.4 Å². The Kier molecular flexibility index (Phi) is 1.72. The van der Waals surface area contributed by atoms with E-state index in [2.05, 4.69) is 4.72 Å². The summed E-state index contributed by atoms with van der Waals surface area (Å²) in [6.07, 6.45) is 0. The fourth-order valence-corrected chi connectivity index (χ4v) is 4.97. The summed E-state index contributed by atoms with van der Waals surface area (Å²) in [4.78, 5) is 0.502. The summed E-state index contributed by atoms with van der Waals surface area (Å²) in [7, 11) is -3.20. The van der Waals surface area contributed by atoms with Crippen molar-refractivity contribution >= 4 is 33.4 Å². The molecule has 0 saturated carbocycles. The normalized spacial score (nSPS) is 34.5. The minimum atomic E-state index is -3.20. The van der Waals surface area contributed by atoms with Crippen LogP contribution in [0.1, 0.15) is 0 Å². The molecule has 0 saturated heterocycles. The third-order valence-corrected chi connectivity index (χ3v) is 5.03. The number of sulfonamides is 1. The van der Waals surface area contributed by atoms with Gasteiger partial charge in [-0.05, 0) is 5.57 Å². The van der Waals surface area contributed by atoms with E-state index in [1.807, 2.05) is 0 Å². The smallest absolute Gasteiger partial charge is 0.207 e. The van der Waals surface area contributed by atoms with Crippen LogP contribution in [0.4, 0.5) is 0 Å². The fourth-order valence-electron chi connectivity index (χ4n) is 1.17. The van der Waals surface area contributed by atoms with Gasteiger partial charge in [0.2, 0.25) is 10.0 Å². The van der Waals surface area contributed by atoms with Crippen molar-refractivity contribution in [3.63, 3.8) is 0 Å². The van der Waals surface area contributed by atoms with E-state index in [1.165, 1.54) is 0 Å². The lowest BCUT2D eigenvalue weighted by Gasteiger charge is -2.03. The third kappa shape index (κ3) is 1.11. The second-order valence-corrected chi connectivity index (χ2v) is 5.58. The topological polar surface area (TPSA) is 46.2 Å². The van der Waals surface area contributed by atoms with Crippen LogP contribution < -0.4 is 4.72 Å².